The van der Waals surface area contributed by atoms with Crippen molar-refractivity contribution in [2.45, 2.75) is 229 Å². The zero-order valence-corrected chi connectivity index (χ0v) is 48.8. The fourth-order valence-electron chi connectivity index (χ4n) is 13.8. The summed E-state index contributed by atoms with van der Waals surface area (Å²) in [4.78, 5) is 0. The van der Waals surface area contributed by atoms with Gasteiger partial charge in [-0.1, -0.05) is 275 Å². The Hall–Kier alpha value is -4.68. The van der Waals surface area contributed by atoms with Crippen molar-refractivity contribution >= 4 is 0 Å². The molecule has 3 aliphatic rings. The monoisotopic (exact) mass is 975 g/mol. The fourth-order valence-corrected chi connectivity index (χ4v) is 13.8. The van der Waals surface area contributed by atoms with Gasteiger partial charge in [-0.2, -0.15) is 0 Å². The summed E-state index contributed by atoms with van der Waals surface area (Å²) in [7, 11) is 0. The van der Waals surface area contributed by atoms with Crippen LogP contribution in [0.4, 0.5) is 0 Å². The summed E-state index contributed by atoms with van der Waals surface area (Å²) >= 11 is 0. The lowest BCUT2D eigenvalue weighted by atomic mass is 9.66. The van der Waals surface area contributed by atoms with Crippen LogP contribution in [0.25, 0.3) is 33.4 Å². The molecule has 0 bridgehead atoms. The van der Waals surface area contributed by atoms with Crippen LogP contribution in [0.15, 0.2) is 109 Å². The molecule has 0 heteroatoms. The highest BCUT2D eigenvalue weighted by molar-refractivity contribution is 5.84. The van der Waals surface area contributed by atoms with Gasteiger partial charge in [0.1, 0.15) is 0 Å². The van der Waals surface area contributed by atoms with Crippen LogP contribution < -0.4 is 0 Å². The van der Waals surface area contributed by atoms with Gasteiger partial charge in [0.15, 0.2) is 0 Å². The third-order valence-corrected chi connectivity index (χ3v) is 18.1. The average molecular weight is 976 g/mol. The maximum atomic E-state index is 2.49. The lowest BCUT2D eigenvalue weighted by Gasteiger charge is -2.37. The molecule has 6 aromatic carbocycles. The lowest BCUT2D eigenvalue weighted by molar-refractivity contribution is 0.308. The van der Waals surface area contributed by atoms with Gasteiger partial charge in [-0.15, -0.1) is 0 Å². The van der Waals surface area contributed by atoms with Gasteiger partial charge in [-0.3, -0.25) is 0 Å². The van der Waals surface area contributed by atoms with E-state index in [1.165, 1.54) is 182 Å². The Morgan fingerprint density at radius 2 is 0.507 bits per heavy atom. The van der Waals surface area contributed by atoms with Crippen LogP contribution >= 0.6 is 0 Å². The maximum absolute atomic E-state index is 2.49. The van der Waals surface area contributed by atoms with Crippen LogP contribution in [0.2, 0.25) is 0 Å². The minimum absolute atomic E-state index is 0.188. The first-order valence-corrected chi connectivity index (χ1v) is 29.8. The second-order valence-electron chi connectivity index (χ2n) is 24.1. The van der Waals surface area contributed by atoms with Crippen molar-refractivity contribution in [1.29, 1.82) is 0 Å². The van der Waals surface area contributed by atoms with Crippen LogP contribution in [0.5, 0.6) is 0 Å². The first-order chi connectivity index (χ1) is 35.1. The minimum atomic E-state index is 0.188. The van der Waals surface area contributed by atoms with E-state index in [9.17, 15) is 0 Å². The second kappa shape index (κ2) is 24.8. The smallest absolute Gasteiger partial charge is 0.0220 e. The third kappa shape index (κ3) is 11.6. The Kier molecular flexibility index (Phi) is 19.0. The van der Waals surface area contributed by atoms with E-state index in [2.05, 4.69) is 206 Å². The molecule has 0 heterocycles. The Morgan fingerprint density at radius 3 is 0.726 bits per heavy atom. The van der Waals surface area contributed by atoms with E-state index < -0.39 is 0 Å². The number of fused-ring (bicyclic) bond motifs is 9. The van der Waals surface area contributed by atoms with E-state index in [-0.39, 0.29) is 16.2 Å². The van der Waals surface area contributed by atoms with Gasteiger partial charge in [-0.05, 0) is 159 Å². The topological polar surface area (TPSA) is 0 Å². The second-order valence-corrected chi connectivity index (χ2v) is 24.1. The predicted octanol–water partition coefficient (Wildman–Crippen LogP) is 22.1. The molecule has 0 nitrogen and oxygen atoms in total. The molecular weight excluding hydrogens is 877 g/mol. The van der Waals surface area contributed by atoms with Crippen molar-refractivity contribution < 1.29 is 0 Å². The SMILES string of the molecule is CCC(C)CC1(CC(C)CC)c2cc(C)ccc2-c2ccc(C)cc21.CCCCC1(CCCC)c2cc(C)ccc2-c2ccc(C)cc21.CCCCCC1(CCCCC)c2cc(C)ccc2-c2ccc(C)cc21. The number of rotatable bonds is 20. The Morgan fingerprint density at radius 1 is 0.288 bits per heavy atom. The molecule has 3 aliphatic carbocycles. The molecule has 0 saturated carbocycles. The van der Waals surface area contributed by atoms with Gasteiger partial charge in [0.2, 0.25) is 0 Å². The quantitative estimate of drug-likeness (QED) is 0.0669. The molecule has 0 aromatic heterocycles. The number of benzene rings is 6. The van der Waals surface area contributed by atoms with Crippen LogP contribution in [-0.4, -0.2) is 0 Å². The highest BCUT2D eigenvalue weighted by Gasteiger charge is 2.46. The normalized spacial score (nSPS) is 15.4. The Bertz CT molecular complexity index is 2580. The molecule has 0 amide bonds. The summed E-state index contributed by atoms with van der Waals surface area (Å²) in [6.07, 6.45) is 23.3. The first-order valence-electron chi connectivity index (χ1n) is 29.8. The minimum Gasteiger partial charge on any atom is -0.0654 e. The van der Waals surface area contributed by atoms with E-state index in [1.807, 2.05) is 0 Å². The summed E-state index contributed by atoms with van der Waals surface area (Å²) in [5.41, 5.74) is 27.6. The number of hydrogen-bond acceptors (Lipinski definition) is 0. The molecule has 0 radical (unpaired) electrons. The summed E-state index contributed by atoms with van der Waals surface area (Å²) < 4.78 is 0. The van der Waals surface area contributed by atoms with E-state index in [4.69, 9.17) is 0 Å². The first kappa shape index (κ1) is 56.1. The predicted molar refractivity (Wildman–Crippen MR) is 322 cm³/mol. The van der Waals surface area contributed by atoms with Gasteiger partial charge >= 0.3 is 0 Å². The van der Waals surface area contributed by atoms with Gasteiger partial charge in [0.25, 0.3) is 0 Å². The molecule has 0 N–H and O–H groups in total. The van der Waals surface area contributed by atoms with Gasteiger partial charge < -0.3 is 0 Å². The summed E-state index contributed by atoms with van der Waals surface area (Å²) in [5.74, 6) is 1.48. The van der Waals surface area contributed by atoms with Crippen molar-refractivity contribution in [3.8, 4) is 33.4 Å². The van der Waals surface area contributed by atoms with Crippen molar-refractivity contribution in [2.75, 3.05) is 0 Å². The van der Waals surface area contributed by atoms with Crippen molar-refractivity contribution in [3.63, 3.8) is 0 Å². The van der Waals surface area contributed by atoms with Gasteiger partial charge in [0, 0.05) is 16.2 Å². The number of unbranched alkanes of at least 4 members (excludes halogenated alkanes) is 6. The molecular formula is C73H98. The van der Waals surface area contributed by atoms with Gasteiger partial charge in [0.05, 0.1) is 0 Å². The molecule has 2 atom stereocenters. The fraction of sp³-hybridized carbons (Fsp3) is 0.507. The molecule has 2 unspecified atom stereocenters. The molecule has 6 aromatic rings. The van der Waals surface area contributed by atoms with E-state index in [1.54, 1.807) is 33.4 Å². The highest BCUT2D eigenvalue weighted by atomic mass is 14.5. The van der Waals surface area contributed by atoms with Crippen LogP contribution in [-0.2, 0) is 16.2 Å². The van der Waals surface area contributed by atoms with Crippen molar-refractivity contribution in [3.05, 3.63) is 176 Å². The van der Waals surface area contributed by atoms with E-state index in [0.29, 0.717) is 0 Å². The van der Waals surface area contributed by atoms with Crippen LogP contribution in [0.3, 0.4) is 0 Å². The van der Waals surface area contributed by atoms with Crippen LogP contribution in [0, 0.1) is 53.4 Å². The Labute approximate surface area is 447 Å². The molecule has 9 rings (SSSR count). The zero-order valence-electron chi connectivity index (χ0n) is 48.8. The third-order valence-electron chi connectivity index (χ3n) is 18.1. The Balaban J connectivity index is 0.000000160. The lowest BCUT2D eigenvalue weighted by Crippen LogP contribution is -2.30. The zero-order chi connectivity index (χ0) is 52.5. The summed E-state index contributed by atoms with van der Waals surface area (Å²) in [5, 5.41) is 0. The molecule has 0 saturated heterocycles. The number of aryl methyl sites for hydroxylation is 6. The average Bonchev–Trinajstić information content (AvgIpc) is 3.89. The standard InChI is InChI=1S/2C25H34.C23H30/c1-7-17(3)15-25(16-18(4)8-2)23-13-19(5)9-11-21(23)22-12-10-20(6)14-24(22)25;1-5-7-9-15-25(16-10-8-6-2)23-17-19(3)11-13-21(23)22-14-12-20(4)18-24(22)25;1-5-7-13-23(14-8-6-2)21-15-17(3)9-11-19(21)20-12-10-18(4)16-22(20)23/h9-14,17-18H,7-8,15-16H2,1-6H3;11-14,17-18H,5-10,15-16H2,1-4H3;9-12,15-16H,5-8,13-14H2,1-4H3. The molecule has 73 heavy (non-hydrogen) atoms. The molecule has 0 fully saturated rings. The van der Waals surface area contributed by atoms with Crippen molar-refractivity contribution in [2.24, 2.45) is 11.8 Å². The number of hydrogen-bond donors (Lipinski definition) is 0. The van der Waals surface area contributed by atoms with E-state index >= 15 is 0 Å². The molecule has 0 spiro atoms. The maximum Gasteiger partial charge on any atom is 0.0220 e. The van der Waals surface area contributed by atoms with Crippen LogP contribution in [0.1, 0.15) is 238 Å². The summed E-state index contributed by atoms with van der Waals surface area (Å²) in [6.45, 7) is 32.2. The molecule has 0 aliphatic heterocycles. The van der Waals surface area contributed by atoms with E-state index in [0.717, 1.165) is 11.8 Å². The van der Waals surface area contributed by atoms with Gasteiger partial charge in [-0.25, -0.2) is 0 Å². The van der Waals surface area contributed by atoms with Crippen molar-refractivity contribution in [1.82, 2.24) is 0 Å². The largest absolute Gasteiger partial charge is 0.0654 e. The summed E-state index contributed by atoms with van der Waals surface area (Å²) in [6, 6.07) is 42.8. The highest BCUT2D eigenvalue weighted by Crippen LogP contribution is 2.58. The molecule has 390 valence electrons.